The normalized spacial score (nSPS) is 20.0. The van der Waals surface area contributed by atoms with Crippen molar-refractivity contribution < 1.29 is 9.18 Å². The maximum absolute atomic E-state index is 13.7. The summed E-state index contributed by atoms with van der Waals surface area (Å²) in [5.74, 6) is -0.00136. The van der Waals surface area contributed by atoms with Crippen molar-refractivity contribution in [1.82, 2.24) is 15.5 Å². The molecule has 0 spiro atoms. The average Bonchev–Trinajstić information content (AvgIpc) is 3.00. The number of amides is 1. The van der Waals surface area contributed by atoms with Crippen molar-refractivity contribution in [2.75, 3.05) is 26.2 Å². The molecule has 1 aromatic carbocycles. The summed E-state index contributed by atoms with van der Waals surface area (Å²) in [4.78, 5) is 14.7. The molecule has 0 radical (unpaired) electrons. The predicted molar refractivity (Wildman–Crippen MR) is 103 cm³/mol. The summed E-state index contributed by atoms with van der Waals surface area (Å²) in [7, 11) is 0. The number of carbonyl (C=O) groups is 1. The molecular formula is C19H28FN3OS. The Hall–Kier alpha value is -1.69. The Kier molecular flexibility index (Phi) is 7.17. The molecule has 1 aliphatic heterocycles. The lowest BCUT2D eigenvalue weighted by molar-refractivity contribution is -0.124. The van der Waals surface area contributed by atoms with E-state index in [1.807, 2.05) is 17.9 Å². The topological polar surface area (TPSA) is 44.4 Å². The molecule has 0 bridgehead atoms. The molecule has 138 valence electrons. The minimum atomic E-state index is -0.274. The molecule has 1 saturated heterocycles. The molecule has 6 heteroatoms. The molecule has 0 unspecified atom stereocenters. The number of hydrogen-bond donors (Lipinski definition) is 2. The lowest BCUT2D eigenvalue weighted by atomic mass is 9.88. The zero-order valence-corrected chi connectivity index (χ0v) is 16.0. The number of carbonyl (C=O) groups excluding carboxylic acids is 1. The summed E-state index contributed by atoms with van der Waals surface area (Å²) in [6, 6.07) is 6.54. The second-order valence-corrected chi connectivity index (χ2v) is 7.37. The van der Waals surface area contributed by atoms with Crippen molar-refractivity contribution in [3.05, 3.63) is 35.6 Å². The number of hydrogen-bond acceptors (Lipinski definition) is 2. The first-order valence-electron chi connectivity index (χ1n) is 8.98. The summed E-state index contributed by atoms with van der Waals surface area (Å²) >= 11 is 5.41. The summed E-state index contributed by atoms with van der Waals surface area (Å²) < 4.78 is 13.7. The zero-order chi connectivity index (χ0) is 18.4. The van der Waals surface area contributed by atoms with Gasteiger partial charge in [0, 0.05) is 32.1 Å². The Morgan fingerprint density at radius 1 is 1.36 bits per heavy atom. The quantitative estimate of drug-likeness (QED) is 0.761. The Morgan fingerprint density at radius 3 is 2.76 bits per heavy atom. The largest absolute Gasteiger partial charge is 0.363 e. The van der Waals surface area contributed by atoms with Gasteiger partial charge in [0.2, 0.25) is 5.91 Å². The van der Waals surface area contributed by atoms with E-state index in [1.165, 1.54) is 12.1 Å². The Morgan fingerprint density at radius 2 is 2.12 bits per heavy atom. The van der Waals surface area contributed by atoms with Gasteiger partial charge < -0.3 is 15.5 Å². The van der Waals surface area contributed by atoms with Gasteiger partial charge >= 0.3 is 0 Å². The van der Waals surface area contributed by atoms with Crippen LogP contribution >= 0.6 is 12.2 Å². The Balaban J connectivity index is 2.14. The minimum Gasteiger partial charge on any atom is -0.363 e. The lowest BCUT2D eigenvalue weighted by Gasteiger charge is -2.19. The second-order valence-electron chi connectivity index (χ2n) is 6.98. The number of nitrogens with zero attached hydrogens (tertiary/aromatic N) is 1. The molecular weight excluding hydrogens is 337 g/mol. The molecule has 2 atom stereocenters. The summed E-state index contributed by atoms with van der Waals surface area (Å²) in [5, 5.41) is 6.83. The molecule has 1 fully saturated rings. The maximum atomic E-state index is 13.7. The molecule has 0 aromatic heterocycles. The number of nitrogens with one attached hydrogen (secondary N) is 2. The number of rotatable bonds is 6. The van der Waals surface area contributed by atoms with E-state index in [-0.39, 0.29) is 23.6 Å². The summed E-state index contributed by atoms with van der Waals surface area (Å²) in [6.45, 7) is 8.84. The highest BCUT2D eigenvalue weighted by molar-refractivity contribution is 7.80. The third-order valence-corrected chi connectivity index (χ3v) is 4.97. The van der Waals surface area contributed by atoms with Gasteiger partial charge in [-0.15, -0.1) is 0 Å². The molecule has 0 saturated carbocycles. The molecule has 25 heavy (non-hydrogen) atoms. The van der Waals surface area contributed by atoms with Crippen molar-refractivity contribution in [2.45, 2.75) is 33.1 Å². The third-order valence-electron chi connectivity index (χ3n) is 4.57. The molecule has 2 N–H and O–H groups in total. The Bertz CT molecular complexity index is 608. The van der Waals surface area contributed by atoms with Crippen molar-refractivity contribution >= 4 is 23.2 Å². The fourth-order valence-corrected chi connectivity index (χ4v) is 3.48. The van der Waals surface area contributed by atoms with Crippen LogP contribution in [0.4, 0.5) is 4.39 Å². The van der Waals surface area contributed by atoms with Crippen LogP contribution in [0.3, 0.4) is 0 Å². The Labute approximate surface area is 155 Å². The van der Waals surface area contributed by atoms with Crippen LogP contribution in [0.1, 0.15) is 38.7 Å². The maximum Gasteiger partial charge on any atom is 0.225 e. The lowest BCUT2D eigenvalue weighted by Crippen LogP contribution is -2.40. The first-order valence-corrected chi connectivity index (χ1v) is 9.39. The van der Waals surface area contributed by atoms with Crippen molar-refractivity contribution in [3.8, 4) is 0 Å². The standard InChI is InChI=1S/C19H28FN3OS/c1-4-21-19(25)23-11-16(14-6-5-7-15(20)10-14)17(12-23)18(24)22-9-8-13(2)3/h5-7,10,13,16-17H,4,8-9,11-12H2,1-3H3,(H,21,25)(H,22,24)/t16-,17+/m0/s1. The number of benzene rings is 1. The highest BCUT2D eigenvalue weighted by Crippen LogP contribution is 2.33. The van der Waals surface area contributed by atoms with E-state index >= 15 is 0 Å². The van der Waals surface area contributed by atoms with E-state index in [2.05, 4.69) is 24.5 Å². The van der Waals surface area contributed by atoms with Crippen LogP contribution in [0.15, 0.2) is 24.3 Å². The highest BCUT2D eigenvalue weighted by Gasteiger charge is 2.39. The van der Waals surface area contributed by atoms with Gasteiger partial charge in [-0.2, -0.15) is 0 Å². The SMILES string of the molecule is CCNC(=S)N1C[C@@H](C(=O)NCCC(C)C)[C@H](c2cccc(F)c2)C1. The van der Waals surface area contributed by atoms with Gasteiger partial charge in [0.15, 0.2) is 5.11 Å². The monoisotopic (exact) mass is 365 g/mol. The number of likely N-dealkylation sites (tertiary alicyclic amines) is 1. The molecule has 1 amide bonds. The number of thiocarbonyl (C=S) groups is 1. The average molecular weight is 366 g/mol. The molecule has 1 heterocycles. The van der Waals surface area contributed by atoms with E-state index in [1.54, 1.807) is 6.07 Å². The van der Waals surface area contributed by atoms with E-state index < -0.39 is 0 Å². The van der Waals surface area contributed by atoms with Crippen LogP contribution in [-0.4, -0.2) is 42.1 Å². The molecule has 2 rings (SSSR count). The van der Waals surface area contributed by atoms with Gasteiger partial charge in [0.25, 0.3) is 0 Å². The molecule has 1 aromatic rings. The molecule has 4 nitrogen and oxygen atoms in total. The van der Waals surface area contributed by atoms with Gasteiger partial charge in [-0.3, -0.25) is 4.79 Å². The van der Waals surface area contributed by atoms with E-state index in [0.29, 0.717) is 30.7 Å². The van der Waals surface area contributed by atoms with Crippen molar-refractivity contribution in [2.24, 2.45) is 11.8 Å². The van der Waals surface area contributed by atoms with Crippen LogP contribution < -0.4 is 10.6 Å². The predicted octanol–water partition coefficient (Wildman–Crippen LogP) is 2.90. The number of halogens is 1. The van der Waals surface area contributed by atoms with Crippen LogP contribution in [0.2, 0.25) is 0 Å². The first kappa shape index (κ1) is 19.6. The van der Waals surface area contributed by atoms with Crippen molar-refractivity contribution in [3.63, 3.8) is 0 Å². The second kappa shape index (κ2) is 9.13. The van der Waals surface area contributed by atoms with Crippen LogP contribution in [0.25, 0.3) is 0 Å². The smallest absolute Gasteiger partial charge is 0.225 e. The van der Waals surface area contributed by atoms with Gasteiger partial charge in [-0.05, 0) is 49.2 Å². The molecule has 1 aliphatic rings. The summed E-state index contributed by atoms with van der Waals surface area (Å²) in [5.41, 5.74) is 0.853. The van der Waals surface area contributed by atoms with Crippen LogP contribution in [-0.2, 0) is 4.79 Å². The van der Waals surface area contributed by atoms with Crippen molar-refractivity contribution in [1.29, 1.82) is 0 Å². The summed E-state index contributed by atoms with van der Waals surface area (Å²) in [6.07, 6.45) is 0.947. The first-order chi connectivity index (χ1) is 11.9. The van der Waals surface area contributed by atoms with Gasteiger partial charge in [0.1, 0.15) is 5.82 Å². The zero-order valence-electron chi connectivity index (χ0n) is 15.2. The van der Waals surface area contributed by atoms with Crippen LogP contribution in [0.5, 0.6) is 0 Å². The van der Waals surface area contributed by atoms with Gasteiger partial charge in [0.05, 0.1) is 5.92 Å². The van der Waals surface area contributed by atoms with E-state index in [4.69, 9.17) is 12.2 Å². The minimum absolute atomic E-state index is 0.0247. The van der Waals surface area contributed by atoms with Gasteiger partial charge in [-0.1, -0.05) is 26.0 Å². The van der Waals surface area contributed by atoms with E-state index in [0.717, 1.165) is 18.5 Å². The van der Waals surface area contributed by atoms with Gasteiger partial charge in [-0.25, -0.2) is 4.39 Å². The molecule has 0 aliphatic carbocycles. The van der Waals surface area contributed by atoms with E-state index in [9.17, 15) is 9.18 Å². The van der Waals surface area contributed by atoms with Crippen LogP contribution in [0, 0.1) is 17.7 Å². The third kappa shape index (κ3) is 5.39. The highest BCUT2D eigenvalue weighted by atomic mass is 32.1. The fourth-order valence-electron chi connectivity index (χ4n) is 3.19. The fraction of sp³-hybridized carbons (Fsp3) is 0.579.